The minimum atomic E-state index is 0.0979. The molecule has 5 rings (SSSR count). The highest BCUT2D eigenvalue weighted by molar-refractivity contribution is 5.93. The lowest BCUT2D eigenvalue weighted by molar-refractivity contribution is 0.307. The maximum atomic E-state index is 4.94. The molecular weight excluding hydrogens is 398 g/mol. The second-order valence-corrected chi connectivity index (χ2v) is 8.55. The predicted molar refractivity (Wildman–Crippen MR) is 130 cm³/mol. The van der Waals surface area contributed by atoms with E-state index in [-0.39, 0.29) is 6.04 Å². The highest BCUT2D eigenvalue weighted by Crippen LogP contribution is 2.41. The first kappa shape index (κ1) is 20.8. The first-order valence-electron chi connectivity index (χ1n) is 11.4. The zero-order chi connectivity index (χ0) is 21.8. The molecule has 3 heterocycles. The lowest BCUT2D eigenvalue weighted by Crippen LogP contribution is -2.56. The first-order chi connectivity index (χ1) is 15.7. The molecule has 0 aliphatic carbocycles. The Balaban J connectivity index is 1.44. The van der Waals surface area contributed by atoms with Crippen molar-refractivity contribution in [2.24, 2.45) is 10.9 Å². The van der Waals surface area contributed by atoms with Crippen LogP contribution in [0.1, 0.15) is 31.4 Å². The molecule has 1 fully saturated rings. The van der Waals surface area contributed by atoms with Crippen molar-refractivity contribution < 1.29 is 0 Å². The predicted octanol–water partition coefficient (Wildman–Crippen LogP) is 4.47. The molecule has 1 saturated heterocycles. The summed E-state index contributed by atoms with van der Waals surface area (Å²) in [5.74, 6) is 2.04. The van der Waals surface area contributed by atoms with Gasteiger partial charge in [-0.05, 0) is 50.4 Å². The van der Waals surface area contributed by atoms with E-state index in [2.05, 4.69) is 52.2 Å². The second-order valence-electron chi connectivity index (χ2n) is 8.55. The molecule has 2 aromatic carbocycles. The van der Waals surface area contributed by atoms with Gasteiger partial charge in [0.25, 0.3) is 5.82 Å². The van der Waals surface area contributed by atoms with Crippen LogP contribution >= 0.6 is 0 Å². The Morgan fingerprint density at radius 1 is 1.09 bits per heavy atom. The zero-order valence-corrected chi connectivity index (χ0v) is 18.4. The Morgan fingerprint density at radius 3 is 2.78 bits per heavy atom. The number of hydrogen-bond acceptors (Lipinski definition) is 6. The Bertz CT molecular complexity index is 1080. The SMILES string of the molecule is CC(Nc1nccc([N+]2(NCC3CCCNC3)C=Nc3ccccc32)n1)c1ccccc1. The fourth-order valence-corrected chi connectivity index (χ4v) is 4.48. The van der Waals surface area contributed by atoms with Crippen molar-refractivity contribution in [1.82, 2.24) is 25.3 Å². The number of aromatic nitrogens is 2. The van der Waals surface area contributed by atoms with Crippen LogP contribution in [0.25, 0.3) is 0 Å². The van der Waals surface area contributed by atoms with Gasteiger partial charge < -0.3 is 10.6 Å². The molecule has 0 bridgehead atoms. The second kappa shape index (κ2) is 9.16. The van der Waals surface area contributed by atoms with E-state index in [9.17, 15) is 0 Å². The molecule has 3 N–H and O–H groups in total. The van der Waals surface area contributed by atoms with E-state index in [1.165, 1.54) is 18.4 Å². The quantitative estimate of drug-likeness (QED) is 0.484. The number of hydrogen-bond donors (Lipinski definition) is 3. The maximum Gasteiger partial charge on any atom is 0.263 e. The molecule has 32 heavy (non-hydrogen) atoms. The van der Waals surface area contributed by atoms with E-state index in [0.29, 0.717) is 16.5 Å². The third-order valence-corrected chi connectivity index (χ3v) is 6.31. The molecule has 0 amide bonds. The van der Waals surface area contributed by atoms with Crippen molar-refractivity contribution >= 4 is 29.5 Å². The fourth-order valence-electron chi connectivity index (χ4n) is 4.48. The van der Waals surface area contributed by atoms with Gasteiger partial charge in [0, 0.05) is 18.3 Å². The van der Waals surface area contributed by atoms with Gasteiger partial charge in [-0.2, -0.15) is 9.98 Å². The lowest BCUT2D eigenvalue weighted by atomic mass is 10.00. The summed E-state index contributed by atoms with van der Waals surface area (Å²) in [6, 6.07) is 20.7. The van der Waals surface area contributed by atoms with Crippen molar-refractivity contribution in [3.8, 4) is 0 Å². The van der Waals surface area contributed by atoms with E-state index in [0.717, 1.165) is 36.8 Å². The Labute approximate surface area is 189 Å². The van der Waals surface area contributed by atoms with E-state index in [1.54, 1.807) is 0 Å². The molecule has 0 saturated carbocycles. The number of quaternary nitrogens is 1. The molecule has 3 atom stereocenters. The summed E-state index contributed by atoms with van der Waals surface area (Å²) in [7, 11) is 0. The van der Waals surface area contributed by atoms with Crippen LogP contribution in [0.3, 0.4) is 0 Å². The van der Waals surface area contributed by atoms with E-state index < -0.39 is 0 Å². The van der Waals surface area contributed by atoms with Crippen LogP contribution in [-0.2, 0) is 0 Å². The molecule has 7 heteroatoms. The monoisotopic (exact) mass is 428 g/mol. The van der Waals surface area contributed by atoms with Crippen LogP contribution in [-0.4, -0.2) is 35.9 Å². The van der Waals surface area contributed by atoms with Crippen LogP contribution in [0, 0.1) is 5.92 Å². The van der Waals surface area contributed by atoms with Gasteiger partial charge in [0.05, 0.1) is 12.6 Å². The molecular formula is C25H30N7+. The van der Waals surface area contributed by atoms with Crippen LogP contribution < -0.4 is 20.7 Å². The minimum Gasteiger partial charge on any atom is -0.348 e. The molecule has 0 spiro atoms. The summed E-state index contributed by atoms with van der Waals surface area (Å²) in [5, 5.41) is 6.97. The van der Waals surface area contributed by atoms with Gasteiger partial charge in [-0.25, -0.2) is 4.98 Å². The molecule has 7 nitrogen and oxygen atoms in total. The number of fused-ring (bicyclic) bond motifs is 1. The van der Waals surface area contributed by atoms with Crippen LogP contribution in [0.2, 0.25) is 0 Å². The van der Waals surface area contributed by atoms with E-state index in [4.69, 9.17) is 9.98 Å². The summed E-state index contributed by atoms with van der Waals surface area (Å²) >= 11 is 0. The van der Waals surface area contributed by atoms with Crippen molar-refractivity contribution in [2.75, 3.05) is 25.0 Å². The molecule has 1 aromatic heterocycles. The van der Waals surface area contributed by atoms with Gasteiger partial charge in [0.2, 0.25) is 12.3 Å². The van der Waals surface area contributed by atoms with E-state index in [1.807, 2.05) is 48.9 Å². The summed E-state index contributed by atoms with van der Waals surface area (Å²) in [6.45, 7) is 5.15. The van der Waals surface area contributed by atoms with Crippen LogP contribution in [0.15, 0.2) is 71.9 Å². The summed E-state index contributed by atoms with van der Waals surface area (Å²) in [6.07, 6.45) is 6.22. The van der Waals surface area contributed by atoms with Gasteiger partial charge in [-0.15, -0.1) is 10.0 Å². The minimum absolute atomic E-state index is 0.0979. The number of para-hydroxylation sites is 2. The number of anilines is 1. The topological polar surface area (TPSA) is 74.2 Å². The smallest absolute Gasteiger partial charge is 0.263 e. The summed E-state index contributed by atoms with van der Waals surface area (Å²) in [5.41, 5.74) is 7.02. The normalized spacial score (nSPS) is 23.0. The fraction of sp³-hybridized carbons (Fsp3) is 0.320. The molecule has 3 unspecified atom stereocenters. The van der Waals surface area contributed by atoms with Gasteiger partial charge in [0.1, 0.15) is 5.69 Å². The Hall–Kier alpha value is -3.13. The number of piperidine rings is 1. The first-order valence-corrected chi connectivity index (χ1v) is 11.4. The van der Waals surface area contributed by atoms with Crippen molar-refractivity contribution in [1.29, 1.82) is 0 Å². The van der Waals surface area contributed by atoms with Gasteiger partial charge in [-0.1, -0.05) is 42.5 Å². The third-order valence-electron chi connectivity index (χ3n) is 6.31. The number of aliphatic imine (C=N–C) groups is 1. The average molecular weight is 429 g/mol. The highest BCUT2D eigenvalue weighted by Gasteiger charge is 2.41. The summed E-state index contributed by atoms with van der Waals surface area (Å²) in [4.78, 5) is 14.2. The molecule has 2 aliphatic heterocycles. The standard InChI is InChI=1S/C25H30N7/c1-19(21-9-3-2-4-10-21)30-25-27-15-13-24(31-25)32(29-17-20-8-7-14-26-16-20)18-28-22-11-5-6-12-23(22)32/h2-6,9-13,15,18-20,26,29H,7-8,14,16-17H2,1H3,(H,27,30,31)/q+1. The third kappa shape index (κ3) is 4.14. The zero-order valence-electron chi connectivity index (χ0n) is 18.4. The summed E-state index contributed by atoms with van der Waals surface area (Å²) < 4.78 is 0.295. The van der Waals surface area contributed by atoms with Crippen LogP contribution in [0.4, 0.5) is 23.1 Å². The van der Waals surface area contributed by atoms with Gasteiger partial charge in [0.15, 0.2) is 5.69 Å². The number of benzene rings is 2. The molecule has 0 radical (unpaired) electrons. The van der Waals surface area contributed by atoms with Crippen molar-refractivity contribution in [3.05, 3.63) is 72.4 Å². The average Bonchev–Trinajstić information content (AvgIpc) is 3.24. The van der Waals surface area contributed by atoms with Crippen molar-refractivity contribution in [2.45, 2.75) is 25.8 Å². The number of nitrogens with zero attached hydrogens (tertiary/aromatic N) is 4. The Morgan fingerprint density at radius 2 is 1.94 bits per heavy atom. The number of rotatable bonds is 7. The molecule has 164 valence electrons. The Kier molecular flexibility index (Phi) is 5.94. The van der Waals surface area contributed by atoms with Gasteiger partial charge in [-0.3, -0.25) is 0 Å². The largest absolute Gasteiger partial charge is 0.348 e. The lowest BCUT2D eigenvalue weighted by Gasteiger charge is -2.32. The molecule has 3 aromatic rings. The highest BCUT2D eigenvalue weighted by atomic mass is 15.7. The van der Waals surface area contributed by atoms with E-state index >= 15 is 0 Å². The molecule has 2 aliphatic rings. The number of nitrogens with one attached hydrogen (secondary N) is 3. The van der Waals surface area contributed by atoms with Gasteiger partial charge >= 0.3 is 0 Å². The van der Waals surface area contributed by atoms with Crippen LogP contribution in [0.5, 0.6) is 0 Å². The van der Waals surface area contributed by atoms with Crippen molar-refractivity contribution in [3.63, 3.8) is 0 Å². The maximum absolute atomic E-state index is 4.94.